The van der Waals surface area contributed by atoms with Crippen molar-refractivity contribution in [3.05, 3.63) is 102 Å². The number of nitrogens with zero attached hydrogens (tertiary/aromatic N) is 2. The van der Waals surface area contributed by atoms with Gasteiger partial charge in [-0.25, -0.2) is 0 Å². The normalized spacial score (nSPS) is 12.7. The SMILES string of the molecule is CC.COC1=CCC=C(Cc2cc(C(=O)C(=O)Nc3cccnc3)c3ccccn23)C=C1. The molecule has 4 rings (SSSR count). The van der Waals surface area contributed by atoms with Gasteiger partial charge in [-0.2, -0.15) is 0 Å². The number of carbonyl (C=O) groups excluding carboxylic acids is 2. The molecular weight excluding hydrogens is 402 g/mol. The molecule has 1 N–H and O–H groups in total. The molecule has 0 aliphatic heterocycles. The summed E-state index contributed by atoms with van der Waals surface area (Å²) in [6, 6.07) is 10.8. The van der Waals surface area contributed by atoms with Gasteiger partial charge in [0.05, 0.1) is 30.1 Å². The Hall–Kier alpha value is -3.93. The molecule has 0 saturated heterocycles. The second kappa shape index (κ2) is 10.9. The lowest BCUT2D eigenvalue weighted by molar-refractivity contribution is -0.112. The summed E-state index contributed by atoms with van der Waals surface area (Å²) in [5.41, 5.74) is 3.60. The van der Waals surface area contributed by atoms with Gasteiger partial charge in [-0.3, -0.25) is 14.6 Å². The Labute approximate surface area is 187 Å². The van der Waals surface area contributed by atoms with Gasteiger partial charge < -0.3 is 14.5 Å². The summed E-state index contributed by atoms with van der Waals surface area (Å²) in [5, 5.41) is 2.61. The van der Waals surface area contributed by atoms with E-state index in [9.17, 15) is 9.59 Å². The van der Waals surface area contributed by atoms with Crippen molar-refractivity contribution in [2.75, 3.05) is 12.4 Å². The minimum atomic E-state index is -0.687. The standard InChI is InChI=1S/C24H21N3O3.C2H6/c1-30-20-8-4-6-17(10-11-20)14-19-15-21(22-9-2-3-13-27(19)22)23(28)24(29)26-18-7-5-12-25-16-18;1-2/h2-3,5-13,15-16H,4,14H2,1H3,(H,26,29);1-2H3. The first-order chi connectivity index (χ1) is 15.7. The van der Waals surface area contributed by atoms with Crippen molar-refractivity contribution in [3.63, 3.8) is 0 Å². The number of pyridine rings is 2. The van der Waals surface area contributed by atoms with Gasteiger partial charge >= 0.3 is 0 Å². The maximum atomic E-state index is 12.9. The molecule has 3 aromatic heterocycles. The minimum absolute atomic E-state index is 0.376. The third-order valence-corrected chi connectivity index (χ3v) is 4.91. The van der Waals surface area contributed by atoms with Crippen molar-refractivity contribution < 1.29 is 14.3 Å². The zero-order valence-electron chi connectivity index (χ0n) is 18.5. The fourth-order valence-electron chi connectivity index (χ4n) is 3.43. The molecular formula is C26H27N3O3. The van der Waals surface area contributed by atoms with Crippen molar-refractivity contribution in [3.8, 4) is 0 Å². The lowest BCUT2D eigenvalue weighted by Crippen LogP contribution is -2.22. The van der Waals surface area contributed by atoms with E-state index in [1.165, 1.54) is 6.20 Å². The van der Waals surface area contributed by atoms with E-state index in [-0.39, 0.29) is 0 Å². The number of amides is 1. The van der Waals surface area contributed by atoms with Crippen LogP contribution in [-0.2, 0) is 16.0 Å². The van der Waals surface area contributed by atoms with Crippen molar-refractivity contribution in [2.45, 2.75) is 26.7 Å². The van der Waals surface area contributed by atoms with Crippen LogP contribution < -0.4 is 5.32 Å². The average molecular weight is 430 g/mol. The third-order valence-electron chi connectivity index (χ3n) is 4.91. The molecule has 6 heteroatoms. The number of allylic oxidation sites excluding steroid dienone is 5. The summed E-state index contributed by atoms with van der Waals surface area (Å²) < 4.78 is 7.25. The number of ether oxygens (including phenoxy) is 1. The molecule has 3 aromatic rings. The molecule has 32 heavy (non-hydrogen) atoms. The van der Waals surface area contributed by atoms with Crippen LogP contribution in [0.4, 0.5) is 5.69 Å². The van der Waals surface area contributed by atoms with Crippen LogP contribution in [0.3, 0.4) is 0 Å². The van der Waals surface area contributed by atoms with E-state index in [2.05, 4.69) is 16.4 Å². The molecule has 0 bridgehead atoms. The Morgan fingerprint density at radius 1 is 1.12 bits per heavy atom. The molecule has 0 aromatic carbocycles. The van der Waals surface area contributed by atoms with Crippen molar-refractivity contribution in [2.24, 2.45) is 0 Å². The number of rotatable bonds is 6. The molecule has 0 radical (unpaired) electrons. The monoisotopic (exact) mass is 429 g/mol. The topological polar surface area (TPSA) is 72.7 Å². The van der Waals surface area contributed by atoms with Crippen LogP contribution >= 0.6 is 0 Å². The van der Waals surface area contributed by atoms with Gasteiger partial charge in [-0.05, 0) is 54.5 Å². The van der Waals surface area contributed by atoms with Gasteiger partial charge in [0.15, 0.2) is 0 Å². The molecule has 6 nitrogen and oxygen atoms in total. The maximum absolute atomic E-state index is 12.9. The van der Waals surface area contributed by atoms with Crippen LogP contribution in [0.5, 0.6) is 0 Å². The number of carbonyl (C=O) groups is 2. The quantitative estimate of drug-likeness (QED) is 0.435. The molecule has 0 fully saturated rings. The van der Waals surface area contributed by atoms with Crippen LogP contribution in [0, 0.1) is 0 Å². The molecule has 0 unspecified atom stereocenters. The summed E-state index contributed by atoms with van der Waals surface area (Å²) in [4.78, 5) is 29.4. The van der Waals surface area contributed by atoms with Crippen LogP contribution in [-0.4, -0.2) is 28.2 Å². The fourth-order valence-corrected chi connectivity index (χ4v) is 3.43. The number of methoxy groups -OCH3 is 1. The van der Waals surface area contributed by atoms with Gasteiger partial charge in [-0.15, -0.1) is 0 Å². The summed E-state index contributed by atoms with van der Waals surface area (Å²) in [6.07, 6.45) is 14.5. The zero-order valence-corrected chi connectivity index (χ0v) is 18.5. The first kappa shape index (κ1) is 22.7. The van der Waals surface area contributed by atoms with E-state index in [1.807, 2.05) is 60.9 Å². The summed E-state index contributed by atoms with van der Waals surface area (Å²) in [6.45, 7) is 4.00. The van der Waals surface area contributed by atoms with Gasteiger partial charge in [0.25, 0.3) is 11.7 Å². The molecule has 0 spiro atoms. The molecule has 1 amide bonds. The van der Waals surface area contributed by atoms with E-state index >= 15 is 0 Å². The Bertz CT molecular complexity index is 1190. The van der Waals surface area contributed by atoms with Crippen molar-refractivity contribution in [1.82, 2.24) is 9.38 Å². The lowest BCUT2D eigenvalue weighted by atomic mass is 10.1. The van der Waals surface area contributed by atoms with Gasteiger partial charge in [-0.1, -0.05) is 32.1 Å². The first-order valence-corrected chi connectivity index (χ1v) is 10.6. The van der Waals surface area contributed by atoms with Crippen LogP contribution in [0.1, 0.15) is 36.3 Å². The van der Waals surface area contributed by atoms with Crippen LogP contribution in [0.15, 0.2) is 90.6 Å². The number of ketones is 1. The van der Waals surface area contributed by atoms with E-state index in [0.717, 1.165) is 23.4 Å². The number of hydrogen-bond donors (Lipinski definition) is 1. The van der Waals surface area contributed by atoms with E-state index < -0.39 is 11.7 Å². The Kier molecular flexibility index (Phi) is 7.75. The molecule has 0 atom stereocenters. The Balaban J connectivity index is 0.00000141. The number of nitrogens with one attached hydrogen (secondary N) is 1. The average Bonchev–Trinajstić information content (AvgIpc) is 3.04. The second-order valence-electron chi connectivity index (χ2n) is 6.87. The van der Waals surface area contributed by atoms with Gasteiger partial charge in [0.2, 0.25) is 0 Å². The number of fused-ring (bicyclic) bond motifs is 1. The van der Waals surface area contributed by atoms with E-state index in [0.29, 0.717) is 23.2 Å². The maximum Gasteiger partial charge on any atom is 0.296 e. The third kappa shape index (κ3) is 5.21. The first-order valence-electron chi connectivity index (χ1n) is 10.6. The highest BCUT2D eigenvalue weighted by molar-refractivity contribution is 6.47. The van der Waals surface area contributed by atoms with Crippen molar-refractivity contribution in [1.29, 1.82) is 0 Å². The molecule has 1 aliphatic rings. The predicted molar refractivity (Wildman–Crippen MR) is 127 cm³/mol. The fraction of sp³-hybridized carbons (Fsp3) is 0.192. The Morgan fingerprint density at radius 2 is 1.97 bits per heavy atom. The van der Waals surface area contributed by atoms with Gasteiger partial charge in [0, 0.05) is 24.5 Å². The number of Topliss-reactive ketones (excluding diaryl/α,β-unsaturated/α-hetero) is 1. The highest BCUT2D eigenvalue weighted by Gasteiger charge is 2.22. The molecule has 3 heterocycles. The number of aromatic nitrogens is 2. The minimum Gasteiger partial charge on any atom is -0.497 e. The molecule has 164 valence electrons. The second-order valence-corrected chi connectivity index (χ2v) is 6.87. The van der Waals surface area contributed by atoms with E-state index in [4.69, 9.17) is 4.74 Å². The predicted octanol–water partition coefficient (Wildman–Crippen LogP) is 5.14. The summed E-state index contributed by atoms with van der Waals surface area (Å²) in [7, 11) is 1.65. The van der Waals surface area contributed by atoms with Gasteiger partial charge in [0.1, 0.15) is 5.76 Å². The largest absolute Gasteiger partial charge is 0.497 e. The Morgan fingerprint density at radius 3 is 2.72 bits per heavy atom. The molecule has 0 saturated carbocycles. The highest BCUT2D eigenvalue weighted by atomic mass is 16.5. The lowest BCUT2D eigenvalue weighted by Gasteiger charge is -2.04. The number of anilines is 1. The van der Waals surface area contributed by atoms with Crippen LogP contribution in [0.2, 0.25) is 0 Å². The highest BCUT2D eigenvalue weighted by Crippen LogP contribution is 2.22. The molecule has 1 aliphatic carbocycles. The number of hydrogen-bond acceptors (Lipinski definition) is 4. The smallest absolute Gasteiger partial charge is 0.296 e. The van der Waals surface area contributed by atoms with E-state index in [1.54, 1.807) is 31.5 Å². The van der Waals surface area contributed by atoms with Crippen LogP contribution in [0.25, 0.3) is 5.52 Å². The zero-order chi connectivity index (χ0) is 22.9. The summed E-state index contributed by atoms with van der Waals surface area (Å²) in [5.74, 6) is -0.444. The van der Waals surface area contributed by atoms with Crippen molar-refractivity contribution >= 4 is 22.9 Å². The summed E-state index contributed by atoms with van der Waals surface area (Å²) >= 11 is 0.